The van der Waals surface area contributed by atoms with Gasteiger partial charge in [0, 0.05) is 31.7 Å². The first-order valence-electron chi connectivity index (χ1n) is 10.7. The Bertz CT molecular complexity index is 938. The molecule has 32 heavy (non-hydrogen) atoms. The zero-order chi connectivity index (χ0) is 23.9. The molecule has 0 aromatic heterocycles. The molecule has 9 heteroatoms. The van der Waals surface area contributed by atoms with Crippen molar-refractivity contribution in [2.75, 3.05) is 24.5 Å². The van der Waals surface area contributed by atoms with E-state index >= 15 is 0 Å². The van der Waals surface area contributed by atoms with Gasteiger partial charge in [0.1, 0.15) is 6.04 Å². The van der Waals surface area contributed by atoms with Crippen molar-refractivity contribution in [1.29, 1.82) is 5.26 Å². The third-order valence-electron chi connectivity index (χ3n) is 6.46. The van der Waals surface area contributed by atoms with E-state index in [1.54, 1.807) is 11.0 Å². The van der Waals surface area contributed by atoms with Crippen LogP contribution in [0.5, 0.6) is 0 Å². The third-order valence-corrected chi connectivity index (χ3v) is 6.46. The average molecular weight is 451 g/mol. The van der Waals surface area contributed by atoms with Gasteiger partial charge >= 0.3 is 6.18 Å². The number of nitrogens with two attached hydrogens (primary N) is 1. The van der Waals surface area contributed by atoms with Crippen LogP contribution < -0.4 is 10.6 Å². The number of alkyl halides is 3. The van der Waals surface area contributed by atoms with Crippen LogP contribution in [-0.4, -0.2) is 42.4 Å². The molecule has 1 aromatic carbocycles. The number of halogens is 3. The van der Waals surface area contributed by atoms with Gasteiger partial charge in [0.15, 0.2) is 0 Å². The average Bonchev–Trinajstić information content (AvgIpc) is 3.05. The Hall–Kier alpha value is -2.76. The van der Waals surface area contributed by atoms with E-state index in [-0.39, 0.29) is 22.4 Å². The first kappa shape index (κ1) is 23.9. The Morgan fingerprint density at radius 2 is 1.84 bits per heavy atom. The van der Waals surface area contributed by atoms with Crippen LogP contribution in [0.25, 0.3) is 0 Å². The first-order chi connectivity index (χ1) is 14.7. The maximum absolute atomic E-state index is 13.4. The minimum absolute atomic E-state index is 0.0931. The molecule has 174 valence electrons. The molecule has 6 nitrogen and oxygen atoms in total. The van der Waals surface area contributed by atoms with Crippen LogP contribution in [0.3, 0.4) is 0 Å². The molecule has 0 radical (unpaired) electrons. The molecule has 2 heterocycles. The molecule has 1 aromatic rings. The molecule has 2 N–H and O–H groups in total. The number of likely N-dealkylation sites (tertiary alicyclic amines) is 1. The number of anilines is 1. The zero-order valence-electron chi connectivity index (χ0n) is 18.6. The standard InChI is InChI=1S/C23H29F3N4O2/c1-21(2,3)12-19(31)29-8-6-22(7-9-29)11-18(20(28)32)30(14-22)16-5-4-15(13-27)17(10-16)23(24,25)26/h4-5,10,18H,6-9,11-12,14H2,1-3H3,(H2,28,32). The predicted octanol–water partition coefficient (Wildman–Crippen LogP) is 3.69. The van der Waals surface area contributed by atoms with Crippen LogP contribution in [0.2, 0.25) is 0 Å². The van der Waals surface area contributed by atoms with Crippen LogP contribution in [0.15, 0.2) is 18.2 Å². The Labute approximate surface area is 186 Å². The van der Waals surface area contributed by atoms with Crippen molar-refractivity contribution in [3.05, 3.63) is 29.3 Å². The highest BCUT2D eigenvalue weighted by Crippen LogP contribution is 2.46. The number of benzene rings is 1. The Morgan fingerprint density at radius 3 is 2.34 bits per heavy atom. The lowest BCUT2D eigenvalue weighted by Gasteiger charge is -2.40. The zero-order valence-corrected chi connectivity index (χ0v) is 18.6. The molecule has 2 aliphatic heterocycles. The fourth-order valence-electron chi connectivity index (χ4n) is 4.78. The lowest BCUT2D eigenvalue weighted by molar-refractivity contribution is -0.138. The van der Waals surface area contributed by atoms with Crippen molar-refractivity contribution in [2.45, 2.75) is 58.7 Å². The summed E-state index contributed by atoms with van der Waals surface area (Å²) in [5.74, 6) is -0.499. The maximum atomic E-state index is 13.4. The number of piperidine rings is 1. The third kappa shape index (κ3) is 5.00. The van der Waals surface area contributed by atoms with Crippen LogP contribution >= 0.6 is 0 Å². The first-order valence-corrected chi connectivity index (χ1v) is 10.7. The summed E-state index contributed by atoms with van der Waals surface area (Å²) in [6, 6.07) is 4.33. The molecule has 2 amide bonds. The van der Waals surface area contributed by atoms with Crippen LogP contribution in [0, 0.1) is 22.2 Å². The van der Waals surface area contributed by atoms with Crippen molar-refractivity contribution in [3.8, 4) is 6.07 Å². The lowest BCUT2D eigenvalue weighted by atomic mass is 9.76. The molecule has 0 aliphatic carbocycles. The summed E-state index contributed by atoms with van der Waals surface area (Å²) >= 11 is 0. The Kier molecular flexibility index (Phi) is 6.20. The van der Waals surface area contributed by atoms with Crippen LogP contribution in [0.1, 0.15) is 57.6 Å². The van der Waals surface area contributed by atoms with Crippen molar-refractivity contribution in [3.63, 3.8) is 0 Å². The quantitative estimate of drug-likeness (QED) is 0.761. The number of carbonyl (C=O) groups excluding carboxylic acids is 2. The van der Waals surface area contributed by atoms with Gasteiger partial charge in [-0.2, -0.15) is 18.4 Å². The van der Waals surface area contributed by atoms with E-state index in [9.17, 15) is 22.8 Å². The lowest BCUT2D eigenvalue weighted by Crippen LogP contribution is -2.45. The van der Waals surface area contributed by atoms with Crippen molar-refractivity contribution < 1.29 is 22.8 Å². The molecular formula is C23H29F3N4O2. The van der Waals surface area contributed by atoms with Crippen molar-refractivity contribution in [2.24, 2.45) is 16.6 Å². The molecule has 2 fully saturated rings. The van der Waals surface area contributed by atoms with Crippen LogP contribution in [0.4, 0.5) is 18.9 Å². The monoisotopic (exact) mass is 450 g/mol. The van der Waals surface area contributed by atoms with Crippen molar-refractivity contribution >= 4 is 17.5 Å². The fourth-order valence-corrected chi connectivity index (χ4v) is 4.78. The summed E-state index contributed by atoms with van der Waals surface area (Å²) < 4.78 is 40.3. The molecule has 0 bridgehead atoms. The van der Waals surface area contributed by atoms with Gasteiger partial charge in [-0.25, -0.2) is 0 Å². The summed E-state index contributed by atoms with van der Waals surface area (Å²) in [6.07, 6.45) is -2.48. The van der Waals surface area contributed by atoms with Gasteiger partial charge in [-0.05, 0) is 48.3 Å². The molecule has 1 unspecified atom stereocenters. The summed E-state index contributed by atoms with van der Waals surface area (Å²) in [6.45, 7) is 7.51. The molecule has 1 atom stereocenters. The molecular weight excluding hydrogens is 421 g/mol. The van der Waals surface area contributed by atoms with Gasteiger partial charge in [-0.3, -0.25) is 9.59 Å². The number of primary amides is 1. The van der Waals surface area contributed by atoms with Gasteiger partial charge in [0.25, 0.3) is 0 Å². The second-order valence-electron chi connectivity index (χ2n) is 10.2. The predicted molar refractivity (Wildman–Crippen MR) is 113 cm³/mol. The smallest absolute Gasteiger partial charge is 0.368 e. The molecule has 2 saturated heterocycles. The topological polar surface area (TPSA) is 90.4 Å². The SMILES string of the molecule is CC(C)(C)CC(=O)N1CCC2(CC1)CC(C(N)=O)N(c1ccc(C#N)c(C(F)(F)F)c1)C2. The summed E-state index contributed by atoms with van der Waals surface area (Å²) in [5.41, 5.74) is 3.95. The Morgan fingerprint density at radius 1 is 1.22 bits per heavy atom. The molecule has 2 aliphatic rings. The van der Waals surface area contributed by atoms with E-state index in [1.165, 1.54) is 6.07 Å². The molecule has 3 rings (SSSR count). The normalized spacial score (nSPS) is 21.0. The van der Waals surface area contributed by atoms with Crippen LogP contribution in [-0.2, 0) is 15.8 Å². The van der Waals surface area contributed by atoms with Gasteiger partial charge in [-0.1, -0.05) is 20.8 Å². The summed E-state index contributed by atoms with van der Waals surface area (Å²) in [5, 5.41) is 9.05. The minimum atomic E-state index is -4.68. The highest BCUT2D eigenvalue weighted by atomic mass is 19.4. The second-order valence-corrected chi connectivity index (χ2v) is 10.2. The van der Waals surface area contributed by atoms with E-state index in [1.807, 2.05) is 25.7 Å². The van der Waals surface area contributed by atoms with E-state index in [0.717, 1.165) is 12.1 Å². The molecule has 0 saturated carbocycles. The van der Waals surface area contributed by atoms with E-state index in [0.29, 0.717) is 45.3 Å². The minimum Gasteiger partial charge on any atom is -0.368 e. The maximum Gasteiger partial charge on any atom is 0.417 e. The van der Waals surface area contributed by atoms with Crippen molar-refractivity contribution in [1.82, 2.24) is 4.90 Å². The number of hydrogen-bond acceptors (Lipinski definition) is 4. The highest BCUT2D eigenvalue weighted by Gasteiger charge is 2.48. The largest absolute Gasteiger partial charge is 0.417 e. The highest BCUT2D eigenvalue weighted by molar-refractivity contribution is 5.85. The summed E-state index contributed by atoms with van der Waals surface area (Å²) in [7, 11) is 0. The van der Waals surface area contributed by atoms with Gasteiger partial charge in [0.05, 0.1) is 17.2 Å². The molecule has 1 spiro atoms. The van der Waals surface area contributed by atoms with E-state index in [4.69, 9.17) is 11.0 Å². The number of hydrogen-bond donors (Lipinski definition) is 1. The van der Waals surface area contributed by atoms with E-state index in [2.05, 4.69) is 0 Å². The number of rotatable bonds is 3. The van der Waals surface area contributed by atoms with Gasteiger partial charge in [-0.15, -0.1) is 0 Å². The van der Waals surface area contributed by atoms with Gasteiger partial charge in [0.2, 0.25) is 11.8 Å². The van der Waals surface area contributed by atoms with E-state index < -0.39 is 29.3 Å². The Balaban J connectivity index is 1.82. The van der Waals surface area contributed by atoms with Gasteiger partial charge < -0.3 is 15.5 Å². The number of amides is 2. The number of carbonyl (C=O) groups is 2. The summed E-state index contributed by atoms with van der Waals surface area (Å²) in [4.78, 5) is 28.2. The number of nitrogens with zero attached hydrogens (tertiary/aromatic N) is 3. The fraction of sp³-hybridized carbons (Fsp3) is 0.609. The number of nitriles is 1. The second kappa shape index (κ2) is 8.30.